The minimum atomic E-state index is -1.07. The first kappa shape index (κ1) is 12.4. The van der Waals surface area contributed by atoms with Crippen molar-refractivity contribution in [1.29, 1.82) is 0 Å². The zero-order chi connectivity index (χ0) is 14.1. The molecule has 0 saturated carbocycles. The van der Waals surface area contributed by atoms with Crippen LogP contribution in [0.4, 0.5) is 0 Å². The van der Waals surface area contributed by atoms with E-state index in [2.05, 4.69) is 10.2 Å². The van der Waals surface area contributed by atoms with E-state index in [0.717, 1.165) is 0 Å². The second-order valence-electron chi connectivity index (χ2n) is 3.87. The molecule has 1 aromatic carbocycles. The monoisotopic (exact) mass is 290 g/mol. The Balaban J connectivity index is 2.05. The lowest BCUT2D eigenvalue weighted by Crippen LogP contribution is -1.98. The summed E-state index contributed by atoms with van der Waals surface area (Å²) in [5.41, 5.74) is 0.427. The van der Waals surface area contributed by atoms with Gasteiger partial charge in [0.1, 0.15) is 0 Å². The van der Waals surface area contributed by atoms with Gasteiger partial charge in [-0.15, -0.1) is 10.2 Å². The van der Waals surface area contributed by atoms with Gasteiger partial charge in [-0.25, -0.2) is 4.79 Å². The molecule has 0 amide bonds. The predicted molar refractivity (Wildman–Crippen MR) is 69.4 cm³/mol. The highest BCUT2D eigenvalue weighted by Crippen LogP contribution is 2.28. The average molecular weight is 291 g/mol. The molecule has 20 heavy (non-hydrogen) atoms. The molecule has 6 nitrogen and oxygen atoms in total. The van der Waals surface area contributed by atoms with E-state index < -0.39 is 5.97 Å². The van der Waals surface area contributed by atoms with Crippen molar-refractivity contribution in [3.8, 4) is 23.1 Å². The van der Waals surface area contributed by atoms with Crippen LogP contribution in [0.1, 0.15) is 10.4 Å². The number of halogens is 1. The molecule has 3 rings (SSSR count). The molecule has 0 aliphatic rings. The molecule has 0 fully saturated rings. The normalized spacial score (nSPS) is 10.7. The maximum Gasteiger partial charge on any atom is 0.336 e. The van der Waals surface area contributed by atoms with Gasteiger partial charge in [0.15, 0.2) is 11.0 Å². The van der Waals surface area contributed by atoms with Crippen molar-refractivity contribution in [1.82, 2.24) is 10.2 Å². The molecule has 0 atom stereocenters. The molecule has 0 unspecified atom stereocenters. The molecule has 0 radical (unpaired) electrons. The van der Waals surface area contributed by atoms with Crippen LogP contribution in [0.3, 0.4) is 0 Å². The molecule has 2 heterocycles. The Morgan fingerprint density at radius 2 is 1.80 bits per heavy atom. The second-order valence-corrected chi connectivity index (χ2v) is 4.24. The van der Waals surface area contributed by atoms with Crippen LogP contribution in [-0.4, -0.2) is 21.3 Å². The topological polar surface area (TPSA) is 89.4 Å². The molecular weight excluding hydrogens is 284 g/mol. The van der Waals surface area contributed by atoms with Gasteiger partial charge in [0.25, 0.3) is 5.89 Å². The van der Waals surface area contributed by atoms with Crippen molar-refractivity contribution in [2.24, 2.45) is 0 Å². The zero-order valence-corrected chi connectivity index (χ0v) is 10.7. The highest BCUT2D eigenvalue weighted by molar-refractivity contribution is 6.28. The molecule has 100 valence electrons. The molecule has 0 bridgehead atoms. The molecule has 0 aliphatic heterocycles. The van der Waals surface area contributed by atoms with E-state index in [0.29, 0.717) is 11.3 Å². The fourth-order valence-electron chi connectivity index (χ4n) is 1.72. The van der Waals surface area contributed by atoms with Gasteiger partial charge < -0.3 is 13.9 Å². The summed E-state index contributed by atoms with van der Waals surface area (Å²) in [6, 6.07) is 9.50. The third-order valence-corrected chi connectivity index (χ3v) is 2.80. The van der Waals surface area contributed by atoms with Crippen molar-refractivity contribution in [2.45, 2.75) is 0 Å². The summed E-state index contributed by atoms with van der Waals surface area (Å²) in [4.78, 5) is 11.1. The summed E-state index contributed by atoms with van der Waals surface area (Å²) >= 11 is 5.67. The van der Waals surface area contributed by atoms with Crippen LogP contribution < -0.4 is 0 Å². The summed E-state index contributed by atoms with van der Waals surface area (Å²) in [6.45, 7) is 0. The second kappa shape index (κ2) is 4.82. The fourth-order valence-corrected chi connectivity index (χ4v) is 1.86. The number of rotatable bonds is 3. The van der Waals surface area contributed by atoms with Gasteiger partial charge in [0.2, 0.25) is 5.89 Å². The van der Waals surface area contributed by atoms with Gasteiger partial charge >= 0.3 is 5.97 Å². The summed E-state index contributed by atoms with van der Waals surface area (Å²) in [6.07, 6.45) is 0. The summed E-state index contributed by atoms with van der Waals surface area (Å²) in [5.74, 6) is -0.513. The third kappa shape index (κ3) is 2.17. The Kier molecular flexibility index (Phi) is 3.00. The summed E-state index contributed by atoms with van der Waals surface area (Å²) < 4.78 is 10.6. The van der Waals surface area contributed by atoms with Gasteiger partial charge in [-0.1, -0.05) is 12.1 Å². The van der Waals surface area contributed by atoms with Gasteiger partial charge in [-0.2, -0.15) is 0 Å². The average Bonchev–Trinajstić information content (AvgIpc) is 3.07. The SMILES string of the molecule is O=C(O)c1ccccc1-c1nnc(-c2ccc(Cl)o2)o1. The minimum Gasteiger partial charge on any atom is -0.478 e. The van der Waals surface area contributed by atoms with E-state index >= 15 is 0 Å². The molecule has 0 spiro atoms. The first-order chi connectivity index (χ1) is 9.65. The number of carbonyl (C=O) groups is 1. The van der Waals surface area contributed by atoms with Crippen LogP contribution in [0.25, 0.3) is 23.1 Å². The van der Waals surface area contributed by atoms with Gasteiger partial charge in [0, 0.05) is 0 Å². The number of carboxylic acids is 1. The van der Waals surface area contributed by atoms with Crippen LogP contribution in [0.15, 0.2) is 45.2 Å². The number of carboxylic acid groups (broad SMARTS) is 1. The Morgan fingerprint density at radius 3 is 2.50 bits per heavy atom. The Hall–Kier alpha value is -2.60. The number of nitrogens with zero attached hydrogens (tertiary/aromatic N) is 2. The highest BCUT2D eigenvalue weighted by Gasteiger charge is 2.18. The van der Waals surface area contributed by atoms with E-state index in [1.54, 1.807) is 30.3 Å². The molecule has 3 aromatic rings. The molecule has 0 saturated heterocycles. The van der Waals surface area contributed by atoms with E-state index in [-0.39, 0.29) is 22.6 Å². The maximum absolute atomic E-state index is 11.1. The number of aromatic nitrogens is 2. The molecule has 2 aromatic heterocycles. The number of hydrogen-bond acceptors (Lipinski definition) is 5. The number of furan rings is 1. The fraction of sp³-hybridized carbons (Fsp3) is 0. The van der Waals surface area contributed by atoms with E-state index in [9.17, 15) is 4.79 Å². The maximum atomic E-state index is 11.1. The van der Waals surface area contributed by atoms with E-state index in [1.807, 2.05) is 0 Å². The zero-order valence-electron chi connectivity index (χ0n) is 9.91. The van der Waals surface area contributed by atoms with Gasteiger partial charge in [0.05, 0.1) is 11.1 Å². The van der Waals surface area contributed by atoms with E-state index in [1.165, 1.54) is 6.07 Å². The molecule has 0 aliphatic carbocycles. The lowest BCUT2D eigenvalue weighted by atomic mass is 10.1. The van der Waals surface area contributed by atoms with Gasteiger partial charge in [-0.05, 0) is 35.9 Å². The first-order valence-electron chi connectivity index (χ1n) is 5.57. The third-order valence-electron chi connectivity index (χ3n) is 2.60. The quantitative estimate of drug-likeness (QED) is 0.795. The first-order valence-corrected chi connectivity index (χ1v) is 5.95. The van der Waals surface area contributed by atoms with Crippen molar-refractivity contribution in [2.75, 3.05) is 0 Å². The predicted octanol–water partition coefficient (Wildman–Crippen LogP) is 3.35. The number of aromatic carboxylic acids is 1. The van der Waals surface area contributed by atoms with Crippen LogP contribution in [-0.2, 0) is 0 Å². The molecule has 7 heteroatoms. The standard InChI is InChI=1S/C13H7ClN2O4/c14-10-6-5-9(19-10)12-16-15-11(20-12)7-3-1-2-4-8(7)13(17)18/h1-6H,(H,17,18). The Labute approximate surface area is 117 Å². The number of benzene rings is 1. The van der Waals surface area contributed by atoms with Crippen LogP contribution in [0, 0.1) is 0 Å². The summed E-state index contributed by atoms with van der Waals surface area (Å²) in [7, 11) is 0. The van der Waals surface area contributed by atoms with Crippen LogP contribution >= 0.6 is 11.6 Å². The molecule has 1 N–H and O–H groups in total. The lowest BCUT2D eigenvalue weighted by Gasteiger charge is -1.99. The molecular formula is C13H7ClN2O4. The lowest BCUT2D eigenvalue weighted by molar-refractivity contribution is 0.0697. The smallest absolute Gasteiger partial charge is 0.336 e. The minimum absolute atomic E-state index is 0.0835. The van der Waals surface area contributed by atoms with Crippen molar-refractivity contribution < 1.29 is 18.7 Å². The van der Waals surface area contributed by atoms with E-state index in [4.69, 9.17) is 25.5 Å². The van der Waals surface area contributed by atoms with Crippen molar-refractivity contribution in [3.63, 3.8) is 0 Å². The number of hydrogen-bond donors (Lipinski definition) is 1. The van der Waals surface area contributed by atoms with Crippen molar-refractivity contribution >= 4 is 17.6 Å². The van der Waals surface area contributed by atoms with Gasteiger partial charge in [-0.3, -0.25) is 0 Å². The summed E-state index contributed by atoms with van der Waals surface area (Å²) in [5, 5.41) is 17.0. The van der Waals surface area contributed by atoms with Crippen LogP contribution in [0.2, 0.25) is 5.22 Å². The van der Waals surface area contributed by atoms with Crippen molar-refractivity contribution in [3.05, 3.63) is 47.2 Å². The highest BCUT2D eigenvalue weighted by atomic mass is 35.5. The van der Waals surface area contributed by atoms with Crippen LogP contribution in [0.5, 0.6) is 0 Å². The largest absolute Gasteiger partial charge is 0.478 e. The Morgan fingerprint density at radius 1 is 1.05 bits per heavy atom. The Bertz CT molecular complexity index is 778.